The molecule has 0 aliphatic heterocycles. The third-order valence-corrected chi connectivity index (χ3v) is 5.44. The van der Waals surface area contributed by atoms with E-state index in [0.29, 0.717) is 0 Å². The third-order valence-electron chi connectivity index (χ3n) is 5.44. The van der Waals surface area contributed by atoms with E-state index >= 15 is 0 Å². The van der Waals surface area contributed by atoms with E-state index < -0.39 is 0 Å². The molecule has 2 atom stereocenters. The molecule has 0 aromatic heterocycles. The Bertz CT molecular complexity index is 246. The molecule has 2 fully saturated rings. The van der Waals surface area contributed by atoms with E-state index in [4.69, 9.17) is 0 Å². The van der Waals surface area contributed by atoms with E-state index in [1.165, 1.54) is 64.3 Å². The fourth-order valence-corrected chi connectivity index (χ4v) is 4.11. The van der Waals surface area contributed by atoms with Gasteiger partial charge in [-0.1, -0.05) is 26.7 Å². The van der Waals surface area contributed by atoms with Crippen molar-refractivity contribution in [1.29, 1.82) is 0 Å². The van der Waals surface area contributed by atoms with Gasteiger partial charge >= 0.3 is 0 Å². The zero-order chi connectivity index (χ0) is 13.7. The number of hydrogen-bond donors (Lipinski definition) is 1. The zero-order valence-corrected chi connectivity index (χ0v) is 13.3. The van der Waals surface area contributed by atoms with E-state index in [2.05, 4.69) is 31.1 Å². The van der Waals surface area contributed by atoms with Crippen molar-refractivity contribution in [1.82, 2.24) is 10.2 Å². The van der Waals surface area contributed by atoms with E-state index in [1.54, 1.807) is 0 Å². The summed E-state index contributed by atoms with van der Waals surface area (Å²) in [5, 5.41) is 3.70. The maximum absolute atomic E-state index is 3.70. The van der Waals surface area contributed by atoms with Crippen molar-refractivity contribution < 1.29 is 0 Å². The van der Waals surface area contributed by atoms with Gasteiger partial charge in [0.2, 0.25) is 0 Å². The molecule has 0 radical (unpaired) electrons. The van der Waals surface area contributed by atoms with Crippen LogP contribution in [0.2, 0.25) is 0 Å². The van der Waals surface area contributed by atoms with Crippen molar-refractivity contribution in [2.75, 3.05) is 13.6 Å². The van der Waals surface area contributed by atoms with Crippen LogP contribution in [0.5, 0.6) is 0 Å². The summed E-state index contributed by atoms with van der Waals surface area (Å²) in [7, 11) is 2.40. The molecule has 2 aliphatic carbocycles. The van der Waals surface area contributed by atoms with Gasteiger partial charge in [0.1, 0.15) is 0 Å². The average molecular weight is 266 g/mol. The predicted molar refractivity (Wildman–Crippen MR) is 83.5 cm³/mol. The highest BCUT2D eigenvalue weighted by Crippen LogP contribution is 2.31. The van der Waals surface area contributed by atoms with Crippen molar-refractivity contribution in [3.05, 3.63) is 0 Å². The summed E-state index contributed by atoms with van der Waals surface area (Å²) in [5.41, 5.74) is 0. The maximum atomic E-state index is 3.70. The van der Waals surface area contributed by atoms with Gasteiger partial charge in [0.25, 0.3) is 0 Å². The predicted octanol–water partition coefficient (Wildman–Crippen LogP) is 3.81. The second-order valence-electron chi connectivity index (χ2n) is 7.05. The van der Waals surface area contributed by atoms with Crippen LogP contribution < -0.4 is 5.32 Å². The second-order valence-corrected chi connectivity index (χ2v) is 7.05. The van der Waals surface area contributed by atoms with Crippen LogP contribution in [0.15, 0.2) is 0 Å². The van der Waals surface area contributed by atoms with Crippen molar-refractivity contribution >= 4 is 0 Å². The molecule has 0 spiro atoms. The quantitative estimate of drug-likeness (QED) is 0.814. The van der Waals surface area contributed by atoms with Gasteiger partial charge in [-0.05, 0) is 64.5 Å². The average Bonchev–Trinajstić information content (AvgIpc) is 2.45. The minimum absolute atomic E-state index is 0.801. The van der Waals surface area contributed by atoms with Gasteiger partial charge in [-0.3, -0.25) is 0 Å². The third kappa shape index (κ3) is 4.46. The molecular weight excluding hydrogens is 232 g/mol. The molecule has 0 aromatic rings. The Kier molecular flexibility index (Phi) is 6.15. The Hall–Kier alpha value is -0.0800. The molecule has 2 saturated carbocycles. The van der Waals surface area contributed by atoms with E-state index in [-0.39, 0.29) is 0 Å². The van der Waals surface area contributed by atoms with Crippen molar-refractivity contribution in [3.8, 4) is 0 Å². The Morgan fingerprint density at radius 2 is 1.74 bits per heavy atom. The summed E-state index contributed by atoms with van der Waals surface area (Å²) in [5.74, 6) is 0.948. The number of hydrogen-bond acceptors (Lipinski definition) is 2. The molecule has 0 heterocycles. The van der Waals surface area contributed by atoms with Gasteiger partial charge in [0, 0.05) is 18.1 Å². The smallest absolute Gasteiger partial charge is 0.00976 e. The number of rotatable bonds is 5. The Balaban J connectivity index is 1.74. The lowest BCUT2D eigenvalue weighted by Crippen LogP contribution is -2.46. The first kappa shape index (κ1) is 15.3. The van der Waals surface area contributed by atoms with Crippen LogP contribution in [0, 0.1) is 5.92 Å². The van der Waals surface area contributed by atoms with Crippen LogP contribution in [0.3, 0.4) is 0 Å². The summed E-state index contributed by atoms with van der Waals surface area (Å²) in [4.78, 5) is 2.74. The topological polar surface area (TPSA) is 15.3 Å². The lowest BCUT2D eigenvalue weighted by molar-refractivity contribution is 0.0895. The molecule has 19 heavy (non-hydrogen) atoms. The van der Waals surface area contributed by atoms with Gasteiger partial charge in [-0.25, -0.2) is 0 Å². The molecule has 0 amide bonds. The van der Waals surface area contributed by atoms with Crippen LogP contribution in [0.1, 0.15) is 71.6 Å². The fourth-order valence-electron chi connectivity index (χ4n) is 4.11. The monoisotopic (exact) mass is 266 g/mol. The molecule has 112 valence electrons. The van der Waals surface area contributed by atoms with Crippen LogP contribution in [0.25, 0.3) is 0 Å². The van der Waals surface area contributed by atoms with Gasteiger partial charge in [-0.15, -0.1) is 0 Å². The first-order valence-electron chi connectivity index (χ1n) is 8.66. The van der Waals surface area contributed by atoms with Gasteiger partial charge < -0.3 is 10.2 Å². The molecule has 2 nitrogen and oxygen atoms in total. The van der Waals surface area contributed by atoms with Crippen LogP contribution >= 0.6 is 0 Å². The normalized spacial score (nSPS) is 36.6. The minimum atomic E-state index is 0.801. The molecule has 0 saturated heterocycles. The molecule has 0 bridgehead atoms. The lowest BCUT2D eigenvalue weighted by Gasteiger charge is -2.42. The first-order chi connectivity index (χ1) is 9.20. The van der Waals surface area contributed by atoms with Crippen molar-refractivity contribution in [2.45, 2.75) is 89.8 Å². The van der Waals surface area contributed by atoms with Gasteiger partial charge in [0.15, 0.2) is 0 Å². The lowest BCUT2D eigenvalue weighted by atomic mass is 9.83. The molecule has 1 N–H and O–H groups in total. The summed E-state index contributed by atoms with van der Waals surface area (Å²) >= 11 is 0. The SMILES string of the molecule is CCCNC1CCC(N(C)C2CCCC(C)C2)CC1. The summed E-state index contributed by atoms with van der Waals surface area (Å²) in [6.45, 7) is 5.90. The maximum Gasteiger partial charge on any atom is 0.00976 e. The number of nitrogens with zero attached hydrogens (tertiary/aromatic N) is 1. The molecular formula is C17H34N2. The largest absolute Gasteiger partial charge is 0.314 e. The van der Waals surface area contributed by atoms with Crippen LogP contribution in [-0.2, 0) is 0 Å². The van der Waals surface area contributed by atoms with E-state index in [1.807, 2.05) is 0 Å². The van der Waals surface area contributed by atoms with Crippen molar-refractivity contribution in [2.24, 2.45) is 5.92 Å². The fraction of sp³-hybridized carbons (Fsp3) is 1.00. The molecule has 2 heteroatoms. The Morgan fingerprint density at radius 3 is 2.37 bits per heavy atom. The molecule has 2 rings (SSSR count). The van der Waals surface area contributed by atoms with E-state index in [9.17, 15) is 0 Å². The standard InChI is InChI=1S/C17H34N2/c1-4-12-18-15-8-10-16(11-9-15)19(3)17-7-5-6-14(2)13-17/h14-18H,4-13H2,1-3H3. The summed E-state index contributed by atoms with van der Waals surface area (Å²) < 4.78 is 0. The van der Waals surface area contributed by atoms with Crippen LogP contribution in [0.4, 0.5) is 0 Å². The number of nitrogens with one attached hydrogen (secondary N) is 1. The summed E-state index contributed by atoms with van der Waals surface area (Å²) in [6, 6.07) is 2.53. The summed E-state index contributed by atoms with van der Waals surface area (Å²) in [6.07, 6.45) is 12.6. The van der Waals surface area contributed by atoms with Gasteiger partial charge in [-0.2, -0.15) is 0 Å². The molecule has 0 aromatic carbocycles. The van der Waals surface area contributed by atoms with Crippen molar-refractivity contribution in [3.63, 3.8) is 0 Å². The molecule has 2 aliphatic rings. The second kappa shape index (κ2) is 7.64. The van der Waals surface area contributed by atoms with E-state index in [0.717, 1.165) is 24.0 Å². The van der Waals surface area contributed by atoms with Crippen LogP contribution in [-0.4, -0.2) is 36.6 Å². The Labute approximate surface area is 120 Å². The van der Waals surface area contributed by atoms with Gasteiger partial charge in [0.05, 0.1) is 0 Å². The highest BCUT2D eigenvalue weighted by Gasteiger charge is 2.29. The molecule has 2 unspecified atom stereocenters. The highest BCUT2D eigenvalue weighted by molar-refractivity contribution is 4.86. The zero-order valence-electron chi connectivity index (χ0n) is 13.3. The minimum Gasteiger partial charge on any atom is -0.314 e. The highest BCUT2D eigenvalue weighted by atomic mass is 15.2. The first-order valence-corrected chi connectivity index (χ1v) is 8.66. The Morgan fingerprint density at radius 1 is 1.00 bits per heavy atom.